The first-order chi connectivity index (χ1) is 14.8. The van der Waals surface area contributed by atoms with E-state index in [0.717, 1.165) is 0 Å². The van der Waals surface area contributed by atoms with E-state index in [2.05, 4.69) is 16.0 Å². The molecule has 13 nitrogen and oxygen atoms in total. The van der Waals surface area contributed by atoms with Crippen molar-refractivity contribution in [1.82, 2.24) is 16.0 Å². The number of rotatable bonds is 15. The minimum absolute atomic E-state index is 0.170. The van der Waals surface area contributed by atoms with Crippen molar-refractivity contribution in [2.75, 3.05) is 0 Å². The third kappa shape index (κ3) is 10.7. The molecule has 0 aliphatic carbocycles. The molecule has 5 unspecified atom stereocenters. The van der Waals surface area contributed by atoms with Crippen LogP contribution in [0.2, 0.25) is 0 Å². The molecule has 0 saturated heterocycles. The Labute approximate surface area is 185 Å². The number of nitrogens with one attached hydrogen (secondary N) is 3. The van der Waals surface area contributed by atoms with Crippen LogP contribution in [0.25, 0.3) is 0 Å². The van der Waals surface area contributed by atoms with Crippen LogP contribution in [0.5, 0.6) is 0 Å². The lowest BCUT2D eigenvalue weighted by Crippen LogP contribution is -2.57. The maximum atomic E-state index is 12.6. The Morgan fingerprint density at radius 1 is 0.844 bits per heavy atom. The second kappa shape index (κ2) is 14.0. The molecule has 0 saturated carbocycles. The second-order valence-electron chi connectivity index (χ2n) is 7.55. The van der Waals surface area contributed by atoms with E-state index < -0.39 is 59.7 Å². The molecule has 182 valence electrons. The van der Waals surface area contributed by atoms with Gasteiger partial charge >= 0.3 is 11.9 Å². The van der Waals surface area contributed by atoms with Crippen LogP contribution in [-0.2, 0) is 28.8 Å². The molecule has 0 aromatic carbocycles. The van der Waals surface area contributed by atoms with E-state index in [-0.39, 0.29) is 31.6 Å². The van der Waals surface area contributed by atoms with Gasteiger partial charge in [-0.25, -0.2) is 4.79 Å². The SMILES string of the molecule is CCC(C)C(NC(=O)C(C)NC(=O)C(CCC(N)=O)NC(=O)C(N)CCC(=O)O)C(=O)O. The quantitative estimate of drug-likeness (QED) is 0.144. The van der Waals surface area contributed by atoms with Crippen LogP contribution in [-0.4, -0.2) is 69.9 Å². The van der Waals surface area contributed by atoms with E-state index in [9.17, 15) is 33.9 Å². The summed E-state index contributed by atoms with van der Waals surface area (Å²) in [6.07, 6.45) is -0.460. The molecule has 0 aliphatic rings. The summed E-state index contributed by atoms with van der Waals surface area (Å²) in [5, 5.41) is 25.0. The molecule has 0 bridgehead atoms. The molecule has 0 radical (unpaired) electrons. The molecular weight excluding hydrogens is 426 g/mol. The van der Waals surface area contributed by atoms with Crippen molar-refractivity contribution in [3.63, 3.8) is 0 Å². The molecule has 0 aromatic heterocycles. The summed E-state index contributed by atoms with van der Waals surface area (Å²) < 4.78 is 0. The van der Waals surface area contributed by atoms with Gasteiger partial charge in [0.25, 0.3) is 0 Å². The number of carboxylic acid groups (broad SMARTS) is 2. The summed E-state index contributed by atoms with van der Waals surface area (Å²) in [5.74, 6) is -5.81. The maximum absolute atomic E-state index is 12.6. The van der Waals surface area contributed by atoms with E-state index in [0.29, 0.717) is 6.42 Å². The molecule has 0 aromatic rings. The number of carboxylic acids is 2. The molecule has 32 heavy (non-hydrogen) atoms. The lowest BCUT2D eigenvalue weighted by Gasteiger charge is -2.24. The van der Waals surface area contributed by atoms with Gasteiger partial charge in [-0.1, -0.05) is 20.3 Å². The normalized spacial score (nSPS) is 15.4. The van der Waals surface area contributed by atoms with E-state index in [1.54, 1.807) is 13.8 Å². The largest absolute Gasteiger partial charge is 0.481 e. The molecule has 9 N–H and O–H groups in total. The van der Waals surface area contributed by atoms with E-state index >= 15 is 0 Å². The number of carbonyl (C=O) groups excluding carboxylic acids is 4. The fourth-order valence-electron chi connectivity index (χ4n) is 2.59. The molecule has 0 aliphatic heterocycles. The zero-order valence-corrected chi connectivity index (χ0v) is 18.4. The predicted octanol–water partition coefficient (Wildman–Crippen LogP) is -1.95. The van der Waals surface area contributed by atoms with Crippen LogP contribution in [0, 0.1) is 5.92 Å². The van der Waals surface area contributed by atoms with Gasteiger partial charge in [-0.05, 0) is 25.7 Å². The van der Waals surface area contributed by atoms with Gasteiger partial charge in [0.15, 0.2) is 0 Å². The summed E-state index contributed by atoms with van der Waals surface area (Å²) in [6.45, 7) is 4.75. The maximum Gasteiger partial charge on any atom is 0.326 e. The van der Waals surface area contributed by atoms with Crippen molar-refractivity contribution in [2.24, 2.45) is 17.4 Å². The molecule has 0 heterocycles. The zero-order chi connectivity index (χ0) is 25.0. The Kier molecular flexibility index (Phi) is 12.6. The summed E-state index contributed by atoms with van der Waals surface area (Å²) >= 11 is 0. The van der Waals surface area contributed by atoms with Gasteiger partial charge < -0.3 is 37.6 Å². The monoisotopic (exact) mass is 459 g/mol. The van der Waals surface area contributed by atoms with Crippen molar-refractivity contribution in [3.05, 3.63) is 0 Å². The highest BCUT2D eigenvalue weighted by molar-refractivity contribution is 5.94. The number of hydrogen-bond acceptors (Lipinski definition) is 7. The summed E-state index contributed by atoms with van der Waals surface area (Å²) in [7, 11) is 0. The van der Waals surface area contributed by atoms with Gasteiger partial charge in [-0.3, -0.25) is 24.0 Å². The third-order valence-electron chi connectivity index (χ3n) is 4.85. The van der Waals surface area contributed by atoms with Crippen molar-refractivity contribution in [3.8, 4) is 0 Å². The Hall–Kier alpha value is -3.22. The Morgan fingerprint density at radius 3 is 1.91 bits per heavy atom. The highest BCUT2D eigenvalue weighted by Crippen LogP contribution is 2.08. The van der Waals surface area contributed by atoms with Gasteiger partial charge in [0.2, 0.25) is 23.6 Å². The number of carbonyl (C=O) groups is 6. The van der Waals surface area contributed by atoms with Crippen molar-refractivity contribution in [1.29, 1.82) is 0 Å². The third-order valence-corrected chi connectivity index (χ3v) is 4.85. The molecule has 4 amide bonds. The smallest absolute Gasteiger partial charge is 0.326 e. The fourth-order valence-corrected chi connectivity index (χ4v) is 2.59. The van der Waals surface area contributed by atoms with Crippen LogP contribution < -0.4 is 27.4 Å². The highest BCUT2D eigenvalue weighted by atomic mass is 16.4. The Morgan fingerprint density at radius 2 is 1.44 bits per heavy atom. The topological polar surface area (TPSA) is 231 Å². The average molecular weight is 460 g/mol. The van der Waals surface area contributed by atoms with Crippen molar-refractivity contribution >= 4 is 35.6 Å². The van der Waals surface area contributed by atoms with Gasteiger partial charge in [0, 0.05) is 12.8 Å². The Bertz CT molecular complexity index is 714. The van der Waals surface area contributed by atoms with Gasteiger partial charge in [0.05, 0.1) is 6.04 Å². The van der Waals surface area contributed by atoms with E-state index in [1.807, 2.05) is 0 Å². The summed E-state index contributed by atoms with van der Waals surface area (Å²) in [4.78, 5) is 70.2. The van der Waals surface area contributed by atoms with Crippen molar-refractivity contribution in [2.45, 2.75) is 77.0 Å². The van der Waals surface area contributed by atoms with Crippen LogP contribution >= 0.6 is 0 Å². The zero-order valence-electron chi connectivity index (χ0n) is 18.4. The van der Waals surface area contributed by atoms with Crippen LogP contribution in [0.15, 0.2) is 0 Å². The molecule has 0 spiro atoms. The minimum Gasteiger partial charge on any atom is -0.481 e. The first-order valence-electron chi connectivity index (χ1n) is 10.2. The Balaban J connectivity index is 5.16. The minimum atomic E-state index is -1.27. The van der Waals surface area contributed by atoms with Gasteiger partial charge in [-0.15, -0.1) is 0 Å². The van der Waals surface area contributed by atoms with E-state index in [4.69, 9.17) is 16.6 Å². The lowest BCUT2D eigenvalue weighted by atomic mass is 9.99. The van der Waals surface area contributed by atoms with Crippen LogP contribution in [0.4, 0.5) is 0 Å². The van der Waals surface area contributed by atoms with Gasteiger partial charge in [-0.2, -0.15) is 0 Å². The number of aliphatic carboxylic acids is 2. The lowest BCUT2D eigenvalue weighted by molar-refractivity contribution is -0.143. The molecule has 0 rings (SSSR count). The molecule has 0 fully saturated rings. The van der Waals surface area contributed by atoms with Crippen molar-refractivity contribution < 1.29 is 39.0 Å². The fraction of sp³-hybridized carbons (Fsp3) is 0.684. The molecular formula is C19H33N5O8. The number of amides is 4. The first-order valence-corrected chi connectivity index (χ1v) is 10.2. The molecule has 5 atom stereocenters. The van der Waals surface area contributed by atoms with E-state index in [1.165, 1.54) is 6.92 Å². The number of nitrogens with two attached hydrogens (primary N) is 2. The standard InChI is InChI=1S/C19H33N5O8/c1-4-9(2)15(19(31)32)24-16(28)10(3)22-18(30)12(6-7-13(21)25)23-17(29)11(20)5-8-14(26)27/h9-12,15H,4-8,20H2,1-3H3,(H2,21,25)(H,22,30)(H,23,29)(H,24,28)(H,26,27)(H,31,32). The highest BCUT2D eigenvalue weighted by Gasteiger charge is 2.30. The number of hydrogen-bond donors (Lipinski definition) is 7. The summed E-state index contributed by atoms with van der Waals surface area (Å²) in [6, 6.07) is -4.78. The number of primary amides is 1. The van der Waals surface area contributed by atoms with Gasteiger partial charge in [0.1, 0.15) is 18.1 Å². The average Bonchev–Trinajstić information content (AvgIpc) is 2.71. The van der Waals surface area contributed by atoms with Crippen LogP contribution in [0.1, 0.15) is 52.9 Å². The first kappa shape index (κ1) is 28.8. The van der Waals surface area contributed by atoms with Crippen LogP contribution in [0.3, 0.4) is 0 Å². The predicted molar refractivity (Wildman–Crippen MR) is 112 cm³/mol. The second-order valence-corrected chi connectivity index (χ2v) is 7.55. The summed E-state index contributed by atoms with van der Waals surface area (Å²) in [5.41, 5.74) is 10.7. The molecule has 13 heteroatoms.